The minimum Gasteiger partial charge on any atom is -0.410 e. The molecule has 6 heteroatoms. The molecule has 1 fully saturated rings. The van der Waals surface area contributed by atoms with Gasteiger partial charge in [0.2, 0.25) is 0 Å². The summed E-state index contributed by atoms with van der Waals surface area (Å²) in [7, 11) is 1.79. The number of thioether (sulfide) groups is 1. The molecule has 1 aliphatic rings. The second kappa shape index (κ2) is 8.82. The molecule has 23 heavy (non-hydrogen) atoms. The minimum atomic E-state index is -0.344. The van der Waals surface area contributed by atoms with Gasteiger partial charge in [-0.3, -0.25) is 4.79 Å². The lowest BCUT2D eigenvalue weighted by molar-refractivity contribution is 0.133. The molecule has 0 saturated heterocycles. The average Bonchev–Trinajstić information content (AvgIpc) is 2.55. The van der Waals surface area contributed by atoms with Crippen molar-refractivity contribution in [3.63, 3.8) is 0 Å². The third kappa shape index (κ3) is 5.46. The van der Waals surface area contributed by atoms with Crippen LogP contribution in [-0.4, -0.2) is 35.1 Å². The third-order valence-electron chi connectivity index (χ3n) is 3.97. The Balaban J connectivity index is 1.93. The molecule has 0 aromatic heterocycles. The Morgan fingerprint density at radius 3 is 2.74 bits per heavy atom. The molecular weight excluding hydrogens is 312 g/mol. The van der Waals surface area contributed by atoms with E-state index in [2.05, 4.69) is 5.32 Å². The van der Waals surface area contributed by atoms with Gasteiger partial charge in [0.05, 0.1) is 0 Å². The van der Waals surface area contributed by atoms with Gasteiger partial charge in [-0.2, -0.15) is 0 Å². The SMILES string of the molecule is CCSC(=O)Nc1cccc(OC(=O)N(C)C2CCCCC2)c1. The number of benzene rings is 1. The molecule has 1 aromatic carbocycles. The van der Waals surface area contributed by atoms with Crippen molar-refractivity contribution in [2.24, 2.45) is 0 Å². The van der Waals surface area contributed by atoms with Crippen LogP contribution in [0.2, 0.25) is 0 Å². The molecule has 0 heterocycles. The first-order valence-electron chi connectivity index (χ1n) is 8.08. The van der Waals surface area contributed by atoms with Crippen LogP contribution in [0.15, 0.2) is 24.3 Å². The summed E-state index contributed by atoms with van der Waals surface area (Å²) in [5.41, 5.74) is 0.626. The average molecular weight is 336 g/mol. The van der Waals surface area contributed by atoms with Crippen LogP contribution in [0, 0.1) is 0 Å². The zero-order valence-corrected chi connectivity index (χ0v) is 14.5. The number of hydrogen-bond acceptors (Lipinski definition) is 4. The summed E-state index contributed by atoms with van der Waals surface area (Å²) < 4.78 is 5.44. The fourth-order valence-electron chi connectivity index (χ4n) is 2.71. The van der Waals surface area contributed by atoms with Crippen molar-refractivity contribution >= 4 is 28.8 Å². The van der Waals surface area contributed by atoms with Gasteiger partial charge in [-0.05, 0) is 30.7 Å². The van der Waals surface area contributed by atoms with Gasteiger partial charge in [-0.1, -0.05) is 44.0 Å². The second-order valence-corrected chi connectivity index (χ2v) is 6.88. The van der Waals surface area contributed by atoms with E-state index in [1.807, 2.05) is 6.92 Å². The lowest BCUT2D eigenvalue weighted by atomic mass is 9.95. The predicted octanol–water partition coefficient (Wildman–Crippen LogP) is 4.73. The van der Waals surface area contributed by atoms with Crippen molar-refractivity contribution in [1.82, 2.24) is 4.90 Å². The van der Waals surface area contributed by atoms with E-state index in [0.29, 0.717) is 17.2 Å². The summed E-state index contributed by atoms with van der Waals surface area (Å²) >= 11 is 1.20. The van der Waals surface area contributed by atoms with Crippen molar-refractivity contribution < 1.29 is 14.3 Å². The maximum atomic E-state index is 12.3. The van der Waals surface area contributed by atoms with Crippen LogP contribution < -0.4 is 10.1 Å². The van der Waals surface area contributed by atoms with Crippen LogP contribution >= 0.6 is 11.8 Å². The van der Waals surface area contributed by atoms with Crippen LogP contribution in [-0.2, 0) is 0 Å². The third-order valence-corrected chi connectivity index (χ3v) is 4.62. The highest BCUT2D eigenvalue weighted by Crippen LogP contribution is 2.24. The number of ether oxygens (including phenoxy) is 1. The lowest BCUT2D eigenvalue weighted by Gasteiger charge is -2.30. The van der Waals surface area contributed by atoms with Crippen molar-refractivity contribution in [2.75, 3.05) is 18.1 Å². The maximum absolute atomic E-state index is 12.3. The summed E-state index contributed by atoms with van der Waals surface area (Å²) in [6.07, 6.45) is 5.31. The highest BCUT2D eigenvalue weighted by Gasteiger charge is 2.23. The molecule has 0 aliphatic heterocycles. The Bertz CT molecular complexity index is 544. The summed E-state index contributed by atoms with van der Waals surface area (Å²) in [6.45, 7) is 1.92. The highest BCUT2D eigenvalue weighted by atomic mass is 32.2. The van der Waals surface area contributed by atoms with Gasteiger partial charge in [0.1, 0.15) is 5.75 Å². The first-order chi connectivity index (χ1) is 11.1. The van der Waals surface area contributed by atoms with E-state index >= 15 is 0 Å². The quantitative estimate of drug-likeness (QED) is 0.863. The number of nitrogens with one attached hydrogen (secondary N) is 1. The van der Waals surface area contributed by atoms with Crippen LogP contribution in [0.5, 0.6) is 5.75 Å². The largest absolute Gasteiger partial charge is 0.415 e. The summed E-state index contributed by atoms with van der Waals surface area (Å²) in [4.78, 5) is 25.5. The van der Waals surface area contributed by atoms with Crippen LogP contribution in [0.3, 0.4) is 0 Å². The number of carbonyl (C=O) groups excluding carboxylic acids is 2. The molecule has 1 aromatic rings. The molecule has 0 radical (unpaired) electrons. The molecule has 1 aliphatic carbocycles. The molecule has 1 saturated carbocycles. The first kappa shape index (κ1) is 17.7. The Kier molecular flexibility index (Phi) is 6.77. The van der Waals surface area contributed by atoms with Gasteiger partial charge in [0, 0.05) is 24.8 Å². The number of amides is 2. The summed E-state index contributed by atoms with van der Waals surface area (Å²) in [5.74, 6) is 1.16. The number of carbonyl (C=O) groups is 2. The first-order valence-corrected chi connectivity index (χ1v) is 9.07. The monoisotopic (exact) mass is 336 g/mol. The van der Waals surface area contributed by atoms with E-state index in [1.165, 1.54) is 31.0 Å². The van der Waals surface area contributed by atoms with E-state index in [0.717, 1.165) is 12.8 Å². The zero-order chi connectivity index (χ0) is 16.7. The number of rotatable bonds is 4. The van der Waals surface area contributed by atoms with E-state index in [1.54, 1.807) is 36.2 Å². The summed E-state index contributed by atoms with van der Waals surface area (Å²) in [5, 5.41) is 2.65. The maximum Gasteiger partial charge on any atom is 0.415 e. The number of nitrogens with zero attached hydrogens (tertiary/aromatic N) is 1. The normalized spacial score (nSPS) is 15.0. The summed E-state index contributed by atoms with van der Waals surface area (Å²) in [6, 6.07) is 7.18. The van der Waals surface area contributed by atoms with Crippen molar-refractivity contribution in [3.8, 4) is 5.75 Å². The molecule has 0 atom stereocenters. The molecule has 2 amide bonds. The molecule has 5 nitrogen and oxygen atoms in total. The second-order valence-electron chi connectivity index (χ2n) is 5.64. The van der Waals surface area contributed by atoms with Crippen molar-refractivity contribution in [3.05, 3.63) is 24.3 Å². The predicted molar refractivity (Wildman–Crippen MR) is 94.3 cm³/mol. The highest BCUT2D eigenvalue weighted by molar-refractivity contribution is 8.13. The molecule has 2 rings (SSSR count). The topological polar surface area (TPSA) is 58.6 Å². The van der Waals surface area contributed by atoms with E-state index in [-0.39, 0.29) is 17.4 Å². The Morgan fingerprint density at radius 2 is 2.04 bits per heavy atom. The molecule has 126 valence electrons. The van der Waals surface area contributed by atoms with Crippen LogP contribution in [0.25, 0.3) is 0 Å². The van der Waals surface area contributed by atoms with E-state index in [4.69, 9.17) is 4.74 Å². The van der Waals surface area contributed by atoms with Gasteiger partial charge >= 0.3 is 6.09 Å². The smallest absolute Gasteiger partial charge is 0.410 e. The van der Waals surface area contributed by atoms with Gasteiger partial charge in [0.15, 0.2) is 0 Å². The fourth-order valence-corrected chi connectivity index (χ4v) is 3.16. The van der Waals surface area contributed by atoms with Gasteiger partial charge in [0.25, 0.3) is 5.24 Å². The van der Waals surface area contributed by atoms with Gasteiger partial charge < -0.3 is 15.0 Å². The molecule has 1 N–H and O–H groups in total. The Morgan fingerprint density at radius 1 is 1.30 bits per heavy atom. The number of hydrogen-bond donors (Lipinski definition) is 1. The molecule has 0 spiro atoms. The van der Waals surface area contributed by atoms with Crippen LogP contribution in [0.1, 0.15) is 39.0 Å². The lowest BCUT2D eigenvalue weighted by Crippen LogP contribution is -2.39. The van der Waals surface area contributed by atoms with Gasteiger partial charge in [-0.15, -0.1) is 0 Å². The zero-order valence-electron chi connectivity index (χ0n) is 13.7. The Hall–Kier alpha value is -1.69. The standard InChI is InChI=1S/C17H24N2O3S/c1-3-23-16(20)18-13-8-7-11-15(12-13)22-17(21)19(2)14-9-5-4-6-10-14/h7-8,11-12,14H,3-6,9-10H2,1-2H3,(H,18,20). The minimum absolute atomic E-state index is 0.115. The molecule has 0 unspecified atom stereocenters. The van der Waals surface area contributed by atoms with Crippen LogP contribution in [0.4, 0.5) is 15.3 Å². The number of anilines is 1. The van der Waals surface area contributed by atoms with E-state index < -0.39 is 0 Å². The van der Waals surface area contributed by atoms with Gasteiger partial charge in [-0.25, -0.2) is 4.79 Å². The molecule has 0 bridgehead atoms. The van der Waals surface area contributed by atoms with Crippen molar-refractivity contribution in [1.29, 1.82) is 0 Å². The fraction of sp³-hybridized carbons (Fsp3) is 0.529. The van der Waals surface area contributed by atoms with E-state index in [9.17, 15) is 9.59 Å². The molecular formula is C17H24N2O3S. The Labute approximate surface area is 141 Å². The van der Waals surface area contributed by atoms with Crippen molar-refractivity contribution in [2.45, 2.75) is 45.1 Å².